The van der Waals surface area contributed by atoms with Gasteiger partial charge in [0, 0.05) is 13.0 Å². The van der Waals surface area contributed by atoms with Crippen molar-refractivity contribution in [3.05, 3.63) is 29.7 Å². The molecule has 0 aliphatic rings. The highest BCUT2D eigenvalue weighted by Crippen LogP contribution is 2.19. The van der Waals surface area contributed by atoms with Gasteiger partial charge in [-0.25, -0.2) is 9.78 Å². The van der Waals surface area contributed by atoms with Crippen molar-refractivity contribution in [1.29, 1.82) is 0 Å². The molecule has 0 bridgehead atoms. The molecule has 138 valence electrons. The molecule has 0 saturated carbocycles. The highest BCUT2D eigenvalue weighted by atomic mass is 16.4. The molecule has 5 heteroatoms. The molecule has 0 aliphatic heterocycles. The monoisotopic (exact) mass is 346 g/mol. The van der Waals surface area contributed by atoms with Crippen LogP contribution in [0.15, 0.2) is 22.6 Å². The van der Waals surface area contributed by atoms with Crippen molar-refractivity contribution in [1.82, 2.24) is 10.3 Å². The maximum atomic E-state index is 10.5. The van der Waals surface area contributed by atoms with Gasteiger partial charge in [0.15, 0.2) is 11.5 Å². The van der Waals surface area contributed by atoms with Crippen LogP contribution < -0.4 is 5.32 Å². The Morgan fingerprint density at radius 2 is 1.80 bits per heavy atom. The van der Waals surface area contributed by atoms with Gasteiger partial charge >= 0.3 is 6.09 Å². The molecule has 0 saturated heterocycles. The van der Waals surface area contributed by atoms with E-state index in [2.05, 4.69) is 29.4 Å². The average Bonchev–Trinajstić information content (AvgIpc) is 2.99. The fourth-order valence-corrected chi connectivity index (χ4v) is 3.02. The van der Waals surface area contributed by atoms with Crippen molar-refractivity contribution < 1.29 is 14.3 Å². The second-order valence-electron chi connectivity index (χ2n) is 6.62. The second kappa shape index (κ2) is 10.7. The van der Waals surface area contributed by atoms with Crippen LogP contribution >= 0.6 is 0 Å². The zero-order valence-electron chi connectivity index (χ0n) is 15.2. The lowest BCUT2D eigenvalue weighted by atomic mass is 10.0. The maximum Gasteiger partial charge on any atom is 0.404 e. The van der Waals surface area contributed by atoms with E-state index in [0.29, 0.717) is 18.9 Å². The van der Waals surface area contributed by atoms with E-state index < -0.39 is 6.09 Å². The molecule has 0 spiro atoms. The van der Waals surface area contributed by atoms with Crippen LogP contribution in [-0.4, -0.2) is 22.7 Å². The van der Waals surface area contributed by atoms with Gasteiger partial charge in [-0.2, -0.15) is 0 Å². The van der Waals surface area contributed by atoms with Gasteiger partial charge in [-0.3, -0.25) is 0 Å². The van der Waals surface area contributed by atoms with Crippen LogP contribution in [0.4, 0.5) is 4.79 Å². The number of benzene rings is 1. The summed E-state index contributed by atoms with van der Waals surface area (Å²) >= 11 is 0. The molecule has 1 amide bonds. The molecule has 2 N–H and O–H groups in total. The third-order valence-electron chi connectivity index (χ3n) is 4.43. The van der Waals surface area contributed by atoms with E-state index in [-0.39, 0.29) is 0 Å². The van der Waals surface area contributed by atoms with Crippen molar-refractivity contribution >= 4 is 17.2 Å². The largest absolute Gasteiger partial charge is 0.465 e. The lowest BCUT2D eigenvalue weighted by Crippen LogP contribution is -2.23. The minimum Gasteiger partial charge on any atom is -0.465 e. The van der Waals surface area contributed by atoms with Gasteiger partial charge in [0.05, 0.1) is 0 Å². The van der Waals surface area contributed by atoms with Gasteiger partial charge in [0.2, 0.25) is 0 Å². The molecule has 0 unspecified atom stereocenters. The highest BCUT2D eigenvalue weighted by Gasteiger charge is 2.07. The number of nitrogens with one attached hydrogen (secondary N) is 1. The summed E-state index contributed by atoms with van der Waals surface area (Å²) in [6.45, 7) is 2.56. The number of nitrogens with zero attached hydrogens (tertiary/aromatic N) is 1. The summed E-state index contributed by atoms with van der Waals surface area (Å²) in [6, 6.07) is 6.17. The third-order valence-corrected chi connectivity index (χ3v) is 4.43. The quantitative estimate of drug-likeness (QED) is 0.510. The Labute approximate surface area is 149 Å². The Kier molecular flexibility index (Phi) is 8.29. The number of hydrogen-bond acceptors (Lipinski definition) is 3. The number of fused-ring (bicyclic) bond motifs is 1. The number of oxazole rings is 1. The van der Waals surface area contributed by atoms with Crippen molar-refractivity contribution in [3.8, 4) is 0 Å². The van der Waals surface area contributed by atoms with E-state index in [0.717, 1.165) is 17.5 Å². The molecular weight excluding hydrogens is 316 g/mol. The Bertz CT molecular complexity index is 651. The molecule has 2 rings (SSSR count). The first-order chi connectivity index (χ1) is 12.2. The first-order valence-electron chi connectivity index (χ1n) is 9.54. The topological polar surface area (TPSA) is 75.4 Å². The summed E-state index contributed by atoms with van der Waals surface area (Å²) in [6.07, 6.45) is 11.1. The SMILES string of the molecule is CCCCCCCCCCc1ccc2oc(CCNC(=O)O)nc2c1. The summed E-state index contributed by atoms with van der Waals surface area (Å²) in [5.74, 6) is 0.577. The first-order valence-corrected chi connectivity index (χ1v) is 9.54. The fraction of sp³-hybridized carbons (Fsp3) is 0.600. The maximum absolute atomic E-state index is 10.5. The molecule has 5 nitrogen and oxygen atoms in total. The molecule has 2 aromatic rings. The Hall–Kier alpha value is -2.04. The molecule has 1 heterocycles. The van der Waals surface area contributed by atoms with Gasteiger partial charge < -0.3 is 14.8 Å². The van der Waals surface area contributed by atoms with Crippen LogP contribution in [-0.2, 0) is 12.8 Å². The normalized spacial score (nSPS) is 11.1. The number of amides is 1. The van der Waals surface area contributed by atoms with E-state index in [4.69, 9.17) is 9.52 Å². The number of unbranched alkanes of at least 4 members (excludes halogenated alkanes) is 7. The summed E-state index contributed by atoms with van der Waals surface area (Å²) in [5.41, 5.74) is 2.93. The molecule has 1 aromatic carbocycles. The molecule has 1 aromatic heterocycles. The minimum absolute atomic E-state index is 0.313. The van der Waals surface area contributed by atoms with Gasteiger partial charge in [-0.05, 0) is 30.5 Å². The van der Waals surface area contributed by atoms with Crippen LogP contribution in [0, 0.1) is 0 Å². The number of rotatable bonds is 12. The van der Waals surface area contributed by atoms with Crippen LogP contribution in [0.5, 0.6) is 0 Å². The summed E-state index contributed by atoms with van der Waals surface area (Å²) in [5, 5.41) is 10.9. The molecule has 25 heavy (non-hydrogen) atoms. The van der Waals surface area contributed by atoms with E-state index in [1.807, 2.05) is 6.07 Å². The summed E-state index contributed by atoms with van der Waals surface area (Å²) in [7, 11) is 0. The number of hydrogen-bond donors (Lipinski definition) is 2. The molecule has 0 radical (unpaired) electrons. The van der Waals surface area contributed by atoms with Gasteiger partial charge in [0.1, 0.15) is 5.52 Å². The Morgan fingerprint density at radius 3 is 2.52 bits per heavy atom. The molecule has 0 fully saturated rings. The van der Waals surface area contributed by atoms with E-state index in [9.17, 15) is 4.79 Å². The van der Waals surface area contributed by atoms with Crippen molar-refractivity contribution in [2.24, 2.45) is 0 Å². The lowest BCUT2D eigenvalue weighted by molar-refractivity contribution is 0.194. The highest BCUT2D eigenvalue weighted by molar-refractivity contribution is 5.73. The zero-order valence-corrected chi connectivity index (χ0v) is 15.2. The van der Waals surface area contributed by atoms with Crippen LogP contribution in [0.3, 0.4) is 0 Å². The van der Waals surface area contributed by atoms with E-state index in [1.165, 1.54) is 56.9 Å². The van der Waals surface area contributed by atoms with Crippen molar-refractivity contribution in [3.63, 3.8) is 0 Å². The van der Waals surface area contributed by atoms with Gasteiger partial charge in [0.25, 0.3) is 0 Å². The Morgan fingerprint density at radius 1 is 1.08 bits per heavy atom. The van der Waals surface area contributed by atoms with Crippen LogP contribution in [0.1, 0.15) is 69.7 Å². The van der Waals surface area contributed by atoms with Crippen LogP contribution in [0.25, 0.3) is 11.1 Å². The van der Waals surface area contributed by atoms with E-state index >= 15 is 0 Å². The first kappa shape index (κ1) is 19.3. The number of carbonyl (C=O) groups is 1. The van der Waals surface area contributed by atoms with Gasteiger partial charge in [-0.15, -0.1) is 0 Å². The number of aromatic nitrogens is 1. The molecular formula is C20H30N2O3. The standard InChI is InChI=1S/C20H30N2O3/c1-2-3-4-5-6-7-8-9-10-16-11-12-18-17(15-16)22-19(25-18)13-14-21-20(23)24/h11-12,15,21H,2-10,13-14H2,1H3,(H,23,24). The second-order valence-corrected chi connectivity index (χ2v) is 6.62. The lowest BCUT2D eigenvalue weighted by Gasteiger charge is -2.02. The van der Waals surface area contributed by atoms with E-state index in [1.54, 1.807) is 0 Å². The predicted octanol–water partition coefficient (Wildman–Crippen LogP) is 5.32. The number of carboxylic acid groups (broad SMARTS) is 1. The average molecular weight is 346 g/mol. The smallest absolute Gasteiger partial charge is 0.404 e. The van der Waals surface area contributed by atoms with Crippen molar-refractivity contribution in [2.45, 2.75) is 71.1 Å². The number of aryl methyl sites for hydroxylation is 1. The summed E-state index contributed by atoms with van der Waals surface area (Å²) in [4.78, 5) is 14.9. The van der Waals surface area contributed by atoms with Crippen molar-refractivity contribution in [2.75, 3.05) is 6.54 Å². The van der Waals surface area contributed by atoms with Gasteiger partial charge in [-0.1, -0.05) is 57.9 Å². The summed E-state index contributed by atoms with van der Waals surface area (Å²) < 4.78 is 5.65. The predicted molar refractivity (Wildman–Crippen MR) is 100 cm³/mol. The third kappa shape index (κ3) is 7.16. The Balaban J connectivity index is 1.72. The molecule has 0 atom stereocenters. The minimum atomic E-state index is -1.02. The van der Waals surface area contributed by atoms with Crippen LogP contribution in [0.2, 0.25) is 0 Å². The fourth-order valence-electron chi connectivity index (χ4n) is 3.02. The zero-order chi connectivity index (χ0) is 17.9. The molecule has 0 aliphatic carbocycles.